The number of hydrogen-bond acceptors (Lipinski definition) is 1. The smallest absolute Gasteiger partial charge is 0.260 e. The average molecular weight is 487 g/mol. The molecular formula is C22H20BrF5N2. The van der Waals surface area contributed by atoms with Crippen molar-refractivity contribution < 1.29 is 22.0 Å². The lowest BCUT2D eigenvalue weighted by atomic mass is 9.87. The van der Waals surface area contributed by atoms with Crippen LogP contribution in [0.3, 0.4) is 0 Å². The lowest BCUT2D eigenvalue weighted by Crippen LogP contribution is -2.48. The maximum Gasteiger partial charge on any atom is 0.260 e. The van der Waals surface area contributed by atoms with E-state index in [2.05, 4.69) is 20.9 Å². The number of H-pyrrole nitrogens is 1. The molecule has 2 aromatic carbocycles. The molecule has 0 spiro atoms. The summed E-state index contributed by atoms with van der Waals surface area (Å²) >= 11 is 3.06. The van der Waals surface area contributed by atoms with Gasteiger partial charge >= 0.3 is 0 Å². The first kappa shape index (κ1) is 21.3. The van der Waals surface area contributed by atoms with Crippen molar-refractivity contribution in [3.8, 4) is 0 Å². The molecule has 0 radical (unpaired) electrons. The first-order chi connectivity index (χ1) is 14.1. The van der Waals surface area contributed by atoms with Crippen LogP contribution in [0.15, 0.2) is 34.8 Å². The molecule has 4 rings (SSSR count). The number of benzene rings is 2. The van der Waals surface area contributed by atoms with Crippen molar-refractivity contribution in [3.63, 3.8) is 0 Å². The van der Waals surface area contributed by atoms with Crippen LogP contribution in [-0.4, -0.2) is 28.4 Å². The van der Waals surface area contributed by atoms with Crippen LogP contribution in [0.25, 0.3) is 10.9 Å². The molecule has 2 unspecified atom stereocenters. The molecule has 1 aliphatic rings. The zero-order valence-corrected chi connectivity index (χ0v) is 18.0. The second-order valence-corrected chi connectivity index (χ2v) is 8.72. The third-order valence-corrected chi connectivity index (χ3v) is 6.29. The Balaban J connectivity index is 1.99. The highest BCUT2D eigenvalue weighted by molar-refractivity contribution is 9.10. The highest BCUT2D eigenvalue weighted by atomic mass is 79.9. The maximum absolute atomic E-state index is 15.0. The SMILES string of the molecule is CCC(F)(F)CN1C(C)Cc2c([nH]c3cccc(F)c23)C1c1c(F)cc(Br)cc1F. The zero-order chi connectivity index (χ0) is 21.8. The van der Waals surface area contributed by atoms with Gasteiger partial charge in [-0.1, -0.05) is 28.9 Å². The molecule has 0 fully saturated rings. The number of nitrogens with zero attached hydrogens (tertiary/aromatic N) is 1. The lowest BCUT2D eigenvalue weighted by Gasteiger charge is -2.42. The van der Waals surface area contributed by atoms with E-state index >= 15 is 0 Å². The maximum atomic E-state index is 15.0. The van der Waals surface area contributed by atoms with E-state index in [-0.39, 0.29) is 16.5 Å². The third-order valence-electron chi connectivity index (χ3n) is 5.83. The standard InChI is InChI=1S/C22H20BrF5N2/c1-3-22(27,28)10-30-11(2)7-13-18-14(24)5-4-6-17(18)29-20(13)21(30)19-15(25)8-12(23)9-16(19)26/h4-6,8-9,11,21,29H,3,7,10H2,1-2H3. The fourth-order valence-electron chi connectivity index (χ4n) is 4.32. The van der Waals surface area contributed by atoms with Crippen molar-refractivity contribution in [3.05, 3.63) is 69.1 Å². The van der Waals surface area contributed by atoms with Crippen LogP contribution >= 0.6 is 15.9 Å². The van der Waals surface area contributed by atoms with E-state index in [1.165, 1.54) is 24.0 Å². The molecule has 8 heteroatoms. The number of halogens is 6. The molecular weight excluding hydrogens is 467 g/mol. The molecule has 0 saturated carbocycles. The number of aromatic nitrogens is 1. The van der Waals surface area contributed by atoms with E-state index in [0.717, 1.165) is 12.1 Å². The number of fused-ring (bicyclic) bond motifs is 3. The van der Waals surface area contributed by atoms with Gasteiger partial charge < -0.3 is 4.98 Å². The van der Waals surface area contributed by atoms with Crippen molar-refractivity contribution >= 4 is 26.8 Å². The van der Waals surface area contributed by atoms with Crippen LogP contribution in [0.5, 0.6) is 0 Å². The van der Waals surface area contributed by atoms with Crippen LogP contribution in [0.4, 0.5) is 22.0 Å². The fourth-order valence-corrected chi connectivity index (χ4v) is 4.72. The molecule has 30 heavy (non-hydrogen) atoms. The highest BCUT2D eigenvalue weighted by Crippen LogP contribution is 2.44. The summed E-state index contributed by atoms with van der Waals surface area (Å²) in [6.07, 6.45) is -0.116. The molecule has 2 nitrogen and oxygen atoms in total. The summed E-state index contributed by atoms with van der Waals surface area (Å²) in [5.74, 6) is -5.20. The third kappa shape index (κ3) is 3.54. The van der Waals surface area contributed by atoms with Crippen LogP contribution in [0, 0.1) is 17.5 Å². The highest BCUT2D eigenvalue weighted by Gasteiger charge is 2.43. The van der Waals surface area contributed by atoms with Gasteiger partial charge in [0.2, 0.25) is 0 Å². The molecule has 0 saturated heterocycles. The Bertz CT molecular complexity index is 1090. The monoisotopic (exact) mass is 486 g/mol. The Kier molecular flexibility index (Phi) is 5.43. The summed E-state index contributed by atoms with van der Waals surface area (Å²) in [7, 11) is 0. The second-order valence-electron chi connectivity index (χ2n) is 7.80. The van der Waals surface area contributed by atoms with Gasteiger partial charge in [0.1, 0.15) is 17.5 Å². The van der Waals surface area contributed by atoms with Crippen molar-refractivity contribution in [2.45, 2.75) is 44.7 Å². The number of alkyl halides is 2. The fraction of sp³-hybridized carbons (Fsp3) is 0.364. The minimum absolute atomic E-state index is 0.207. The molecule has 3 aromatic rings. The first-order valence-corrected chi connectivity index (χ1v) is 10.5. The van der Waals surface area contributed by atoms with Gasteiger partial charge in [-0.25, -0.2) is 22.0 Å². The molecule has 1 aliphatic heterocycles. The average Bonchev–Trinajstić information content (AvgIpc) is 3.02. The van der Waals surface area contributed by atoms with Gasteiger partial charge in [0, 0.05) is 39.1 Å². The van der Waals surface area contributed by atoms with E-state index in [9.17, 15) is 22.0 Å². The van der Waals surface area contributed by atoms with Gasteiger partial charge in [-0.05, 0) is 43.2 Å². The largest absolute Gasteiger partial charge is 0.356 e. The van der Waals surface area contributed by atoms with E-state index in [1.54, 1.807) is 13.0 Å². The predicted octanol–water partition coefficient (Wildman–Crippen LogP) is 6.73. The number of aromatic amines is 1. The Hall–Kier alpha value is -1.93. The number of nitrogens with one attached hydrogen (secondary N) is 1. The number of rotatable bonds is 4. The van der Waals surface area contributed by atoms with E-state index in [4.69, 9.17) is 0 Å². The molecule has 1 aromatic heterocycles. The van der Waals surface area contributed by atoms with Gasteiger partial charge in [0.15, 0.2) is 0 Å². The van der Waals surface area contributed by atoms with E-state index in [1.807, 2.05) is 0 Å². The number of hydrogen-bond donors (Lipinski definition) is 1. The van der Waals surface area contributed by atoms with E-state index in [0.29, 0.717) is 22.2 Å². The summed E-state index contributed by atoms with van der Waals surface area (Å²) in [5.41, 5.74) is 1.06. The topological polar surface area (TPSA) is 19.0 Å². The predicted molar refractivity (Wildman–Crippen MR) is 109 cm³/mol. The van der Waals surface area contributed by atoms with Gasteiger partial charge in [-0.15, -0.1) is 0 Å². The van der Waals surface area contributed by atoms with Gasteiger partial charge in [-0.2, -0.15) is 0 Å². The lowest BCUT2D eigenvalue weighted by molar-refractivity contribution is -0.0551. The van der Waals surface area contributed by atoms with Crippen molar-refractivity contribution in [2.24, 2.45) is 0 Å². The van der Waals surface area contributed by atoms with Crippen LogP contribution in [0.2, 0.25) is 0 Å². The van der Waals surface area contributed by atoms with Crippen LogP contribution < -0.4 is 0 Å². The van der Waals surface area contributed by atoms with Crippen molar-refractivity contribution in [1.82, 2.24) is 9.88 Å². The minimum atomic E-state index is -3.04. The van der Waals surface area contributed by atoms with Gasteiger partial charge in [-0.3, -0.25) is 4.90 Å². The molecule has 1 N–H and O–H groups in total. The second kappa shape index (κ2) is 7.64. The normalized spacial score (nSPS) is 20.0. The van der Waals surface area contributed by atoms with Crippen molar-refractivity contribution in [2.75, 3.05) is 6.54 Å². The van der Waals surface area contributed by atoms with Crippen LogP contribution in [0.1, 0.15) is 43.1 Å². The molecule has 0 aliphatic carbocycles. The summed E-state index contributed by atoms with van der Waals surface area (Å²) in [6, 6.07) is 5.10. The quantitative estimate of drug-likeness (QED) is 0.405. The summed E-state index contributed by atoms with van der Waals surface area (Å²) in [5, 5.41) is 0.337. The molecule has 0 bridgehead atoms. The van der Waals surface area contributed by atoms with Gasteiger partial charge in [0.05, 0.1) is 12.6 Å². The van der Waals surface area contributed by atoms with Crippen LogP contribution in [-0.2, 0) is 6.42 Å². The first-order valence-electron chi connectivity index (χ1n) is 9.70. The van der Waals surface area contributed by atoms with E-state index < -0.39 is 48.4 Å². The molecule has 0 amide bonds. The Labute approximate surface area is 179 Å². The molecule has 160 valence electrons. The van der Waals surface area contributed by atoms with Crippen molar-refractivity contribution in [1.29, 1.82) is 0 Å². The Morgan fingerprint density at radius 3 is 2.43 bits per heavy atom. The summed E-state index contributed by atoms with van der Waals surface area (Å²) in [6.45, 7) is 2.42. The molecule has 2 atom stereocenters. The minimum Gasteiger partial charge on any atom is -0.356 e. The Morgan fingerprint density at radius 1 is 1.13 bits per heavy atom. The Morgan fingerprint density at radius 2 is 1.80 bits per heavy atom. The summed E-state index contributed by atoms with van der Waals surface area (Å²) in [4.78, 5) is 4.47. The van der Waals surface area contributed by atoms with Gasteiger partial charge in [0.25, 0.3) is 5.92 Å². The molecule has 2 heterocycles. The summed E-state index contributed by atoms with van der Waals surface area (Å²) < 4.78 is 73.5. The zero-order valence-electron chi connectivity index (χ0n) is 16.4.